The number of carbonyl (C=O) groups is 1. The molecule has 2 saturated carbocycles. The van der Waals surface area contributed by atoms with Crippen molar-refractivity contribution in [2.45, 2.75) is 85.0 Å². The van der Waals surface area contributed by atoms with Gasteiger partial charge in [0.05, 0.1) is 0 Å². The van der Waals surface area contributed by atoms with Crippen LogP contribution in [-0.2, 0) is 28.3 Å². The number of Topliss-reactive ketones (excluding diaryl/α,β-unsaturated/α-hetero) is 1. The summed E-state index contributed by atoms with van der Waals surface area (Å²) in [7, 11) is 0. The topological polar surface area (TPSA) is 17.1 Å². The normalized spacial score (nSPS) is 18.4. The number of rotatable bonds is 4. The second-order valence-electron chi connectivity index (χ2n) is 8.77. The average molecular weight is 384 g/mol. The van der Waals surface area contributed by atoms with Crippen LogP contribution in [0.3, 0.4) is 0 Å². The van der Waals surface area contributed by atoms with Crippen LogP contribution in [0.1, 0.15) is 84.1 Å². The molecule has 0 heterocycles. The minimum atomic E-state index is -0.116. The quantitative estimate of drug-likeness (QED) is 0.535. The Morgan fingerprint density at radius 2 is 1.44 bits per heavy atom. The Morgan fingerprint density at radius 3 is 1.96 bits per heavy atom. The second kappa shape index (κ2) is 11.2. The summed E-state index contributed by atoms with van der Waals surface area (Å²) >= 11 is 0. The second-order valence-corrected chi connectivity index (χ2v) is 8.77. The zero-order valence-corrected chi connectivity index (χ0v) is 17.5. The molecule has 0 unspecified atom stereocenters. The molecular weight excluding hydrogens is 348 g/mol. The Morgan fingerprint density at radius 1 is 0.920 bits per heavy atom. The minimum Gasteiger partial charge on any atom is -0.299 e. The van der Waals surface area contributed by atoms with Crippen molar-refractivity contribution < 1.29 is 21.9 Å². The van der Waals surface area contributed by atoms with Crippen molar-refractivity contribution in [2.75, 3.05) is 0 Å². The van der Waals surface area contributed by atoms with Crippen LogP contribution in [0, 0.1) is 17.3 Å². The van der Waals surface area contributed by atoms with Crippen molar-refractivity contribution in [3.05, 3.63) is 35.9 Å². The Labute approximate surface area is 165 Å². The van der Waals surface area contributed by atoms with Gasteiger partial charge < -0.3 is 0 Å². The molecule has 0 amide bonds. The zero-order valence-electron chi connectivity index (χ0n) is 16.4. The molecule has 2 aliphatic rings. The molecule has 0 aromatic heterocycles. The van der Waals surface area contributed by atoms with Gasteiger partial charge in [0.2, 0.25) is 0 Å². The third-order valence-electron chi connectivity index (χ3n) is 5.62. The van der Waals surface area contributed by atoms with Crippen LogP contribution in [0.2, 0.25) is 0 Å². The molecule has 3 rings (SSSR count). The number of carbonyl (C=O) groups excluding carboxylic acids is 1. The molecule has 142 valence electrons. The summed E-state index contributed by atoms with van der Waals surface area (Å²) in [5, 5.41) is 0. The fourth-order valence-corrected chi connectivity index (χ4v) is 4.11. The summed E-state index contributed by atoms with van der Waals surface area (Å²) in [4.78, 5) is 11.7. The molecule has 2 aliphatic carbocycles. The zero-order chi connectivity index (χ0) is 17.4. The SMILES string of the molecule is CC(C)(C)C(=O)C1CCCC1.[Fe].c1ccc(CCC2CCCC2)cc1. The van der Waals surface area contributed by atoms with Gasteiger partial charge in [-0.15, -0.1) is 0 Å². The maximum absolute atomic E-state index is 11.7. The van der Waals surface area contributed by atoms with E-state index < -0.39 is 0 Å². The number of ketones is 1. The first-order valence-corrected chi connectivity index (χ1v) is 10.0. The summed E-state index contributed by atoms with van der Waals surface area (Å²) < 4.78 is 0. The van der Waals surface area contributed by atoms with Gasteiger partial charge in [0.1, 0.15) is 5.78 Å². The molecule has 0 radical (unpaired) electrons. The first-order chi connectivity index (χ1) is 11.5. The van der Waals surface area contributed by atoms with Crippen LogP contribution >= 0.6 is 0 Å². The third kappa shape index (κ3) is 8.09. The summed E-state index contributed by atoms with van der Waals surface area (Å²) in [5.41, 5.74) is 1.39. The predicted octanol–water partition coefficient (Wildman–Crippen LogP) is 6.60. The molecule has 0 atom stereocenters. The summed E-state index contributed by atoms with van der Waals surface area (Å²) in [6.07, 6.45) is 13.4. The van der Waals surface area contributed by atoms with E-state index in [1.54, 1.807) is 0 Å². The van der Waals surface area contributed by atoms with Gasteiger partial charge in [-0.1, -0.05) is 89.6 Å². The molecule has 0 spiro atoms. The van der Waals surface area contributed by atoms with E-state index in [9.17, 15) is 4.79 Å². The van der Waals surface area contributed by atoms with Crippen LogP contribution in [0.25, 0.3) is 0 Å². The summed E-state index contributed by atoms with van der Waals surface area (Å²) in [6, 6.07) is 10.9. The minimum absolute atomic E-state index is 0. The molecule has 0 bridgehead atoms. The molecule has 1 nitrogen and oxygen atoms in total. The maximum atomic E-state index is 11.7. The molecule has 0 saturated heterocycles. The molecule has 0 N–H and O–H groups in total. The molecule has 2 heteroatoms. The number of hydrogen-bond donors (Lipinski definition) is 0. The van der Waals surface area contributed by atoms with E-state index in [0.29, 0.717) is 11.7 Å². The fourth-order valence-electron chi connectivity index (χ4n) is 4.11. The predicted molar refractivity (Wildman–Crippen MR) is 103 cm³/mol. The van der Waals surface area contributed by atoms with Gasteiger partial charge in [-0.05, 0) is 37.2 Å². The van der Waals surface area contributed by atoms with Crippen LogP contribution in [0.4, 0.5) is 0 Å². The number of aryl methyl sites for hydroxylation is 1. The van der Waals surface area contributed by atoms with E-state index >= 15 is 0 Å². The third-order valence-corrected chi connectivity index (χ3v) is 5.62. The van der Waals surface area contributed by atoms with Crippen molar-refractivity contribution in [1.82, 2.24) is 0 Å². The number of benzene rings is 1. The standard InChI is InChI=1S/C13H18.C10H18O.Fe/c1-2-6-12(7-3-1)10-11-13-8-4-5-9-13;1-10(2,3)9(11)8-6-4-5-7-8;/h1-3,6-7,13H,4-5,8-11H2;8H,4-7H2,1-3H3;. The molecule has 1 aromatic rings. The van der Waals surface area contributed by atoms with Gasteiger partial charge in [0.15, 0.2) is 0 Å². The smallest absolute Gasteiger partial charge is 0.141 e. The fraction of sp³-hybridized carbons (Fsp3) is 0.696. The monoisotopic (exact) mass is 384 g/mol. The van der Waals surface area contributed by atoms with Crippen molar-refractivity contribution in [3.63, 3.8) is 0 Å². The van der Waals surface area contributed by atoms with Crippen LogP contribution in [-0.4, -0.2) is 5.78 Å². The Balaban J connectivity index is 0.000000244. The Hall–Kier alpha value is -0.591. The average Bonchev–Trinajstić information content (AvgIpc) is 3.26. The van der Waals surface area contributed by atoms with E-state index in [0.717, 1.165) is 18.8 Å². The largest absolute Gasteiger partial charge is 0.299 e. The Bertz CT molecular complexity index is 477. The van der Waals surface area contributed by atoms with Crippen molar-refractivity contribution in [3.8, 4) is 0 Å². The molecule has 2 fully saturated rings. The first-order valence-electron chi connectivity index (χ1n) is 10.0. The summed E-state index contributed by atoms with van der Waals surface area (Å²) in [6.45, 7) is 6.06. The summed E-state index contributed by atoms with van der Waals surface area (Å²) in [5.74, 6) is 1.88. The van der Waals surface area contributed by atoms with E-state index in [1.165, 1.54) is 56.9 Å². The van der Waals surface area contributed by atoms with Crippen LogP contribution in [0.5, 0.6) is 0 Å². The van der Waals surface area contributed by atoms with Gasteiger partial charge in [0, 0.05) is 28.4 Å². The van der Waals surface area contributed by atoms with Crippen molar-refractivity contribution >= 4 is 5.78 Å². The Kier molecular flexibility index (Phi) is 10.1. The van der Waals surface area contributed by atoms with Gasteiger partial charge in [-0.3, -0.25) is 4.79 Å². The molecule has 1 aromatic carbocycles. The van der Waals surface area contributed by atoms with E-state index in [-0.39, 0.29) is 22.5 Å². The van der Waals surface area contributed by atoms with Crippen LogP contribution in [0.15, 0.2) is 30.3 Å². The van der Waals surface area contributed by atoms with Crippen molar-refractivity contribution in [2.24, 2.45) is 17.3 Å². The maximum Gasteiger partial charge on any atom is 0.141 e. The van der Waals surface area contributed by atoms with Gasteiger partial charge >= 0.3 is 0 Å². The molecule has 0 aliphatic heterocycles. The first kappa shape index (κ1) is 22.5. The van der Waals surface area contributed by atoms with E-state index in [2.05, 4.69) is 30.3 Å². The van der Waals surface area contributed by atoms with Crippen molar-refractivity contribution in [1.29, 1.82) is 0 Å². The van der Waals surface area contributed by atoms with E-state index in [4.69, 9.17) is 0 Å². The van der Waals surface area contributed by atoms with Gasteiger partial charge in [-0.25, -0.2) is 0 Å². The van der Waals surface area contributed by atoms with Crippen LogP contribution < -0.4 is 0 Å². The number of hydrogen-bond acceptors (Lipinski definition) is 1. The van der Waals surface area contributed by atoms with E-state index in [1.807, 2.05) is 20.8 Å². The van der Waals surface area contributed by atoms with Gasteiger partial charge in [0.25, 0.3) is 0 Å². The molecular formula is C23H36FeO. The van der Waals surface area contributed by atoms with Gasteiger partial charge in [-0.2, -0.15) is 0 Å². The molecule has 25 heavy (non-hydrogen) atoms.